The van der Waals surface area contributed by atoms with Crippen LogP contribution in [0.15, 0.2) is 78.9 Å². The van der Waals surface area contributed by atoms with E-state index in [1.54, 1.807) is 24.3 Å². The summed E-state index contributed by atoms with van der Waals surface area (Å²) in [6, 6.07) is 22.4. The Kier molecular flexibility index (Phi) is 6.09. The minimum atomic E-state index is -4.89. The Morgan fingerprint density at radius 2 is 1.68 bits per heavy atom. The molecule has 6 nitrogen and oxygen atoms in total. The van der Waals surface area contributed by atoms with E-state index >= 15 is 0 Å². The summed E-state index contributed by atoms with van der Waals surface area (Å²) < 4.78 is 49.9. The first-order chi connectivity index (χ1) is 19.1. The molecule has 0 saturated carbocycles. The number of nitrogen functional groups attached to an aromatic ring is 1. The third kappa shape index (κ3) is 4.37. The van der Waals surface area contributed by atoms with Gasteiger partial charge in [0, 0.05) is 22.7 Å². The summed E-state index contributed by atoms with van der Waals surface area (Å²) in [5.74, 6) is -0.466. The normalized spacial score (nSPS) is 19.1. The number of nitrogens with two attached hydrogens (primary N) is 1. The predicted octanol–water partition coefficient (Wildman–Crippen LogP) is 6.72. The quantitative estimate of drug-likeness (QED) is 0.165. The van der Waals surface area contributed by atoms with Crippen molar-refractivity contribution in [3.8, 4) is 28.4 Å². The molecule has 5 N–H and O–H groups in total. The molecule has 0 spiro atoms. The van der Waals surface area contributed by atoms with E-state index < -0.39 is 6.36 Å². The highest BCUT2D eigenvalue weighted by atomic mass is 19.4. The van der Waals surface area contributed by atoms with Crippen LogP contribution < -0.4 is 20.5 Å². The Bertz CT molecular complexity index is 1640. The number of halogens is 3. The van der Waals surface area contributed by atoms with E-state index in [9.17, 15) is 18.3 Å². The van der Waals surface area contributed by atoms with E-state index in [-0.39, 0.29) is 46.5 Å². The summed E-state index contributed by atoms with van der Waals surface area (Å²) in [6.45, 7) is 0. The Morgan fingerprint density at radius 1 is 0.925 bits per heavy atom. The largest absolute Gasteiger partial charge is 0.573 e. The number of methoxy groups -OCH3 is 1. The van der Waals surface area contributed by atoms with Crippen molar-refractivity contribution in [2.75, 3.05) is 12.4 Å². The van der Waals surface area contributed by atoms with Crippen molar-refractivity contribution in [1.29, 1.82) is 5.41 Å². The zero-order chi connectivity index (χ0) is 28.2. The van der Waals surface area contributed by atoms with Gasteiger partial charge >= 0.3 is 6.36 Å². The monoisotopic (exact) mass is 545 g/mol. The standard InChI is InChI=1S/C31H26F3N3O3/c1-39-27-15-21(20(14-25(27)38)19-8-4-5-9-26(19)40-31(32,33)34)29-23-12-16-6-2-3-7-18(16)28(23)22-13-17(30(35)36)10-11-24(22)37-29/h2-11,13-15,23,28-29,37-38H,12H2,1H3,(H3,35,36). The lowest BCUT2D eigenvalue weighted by molar-refractivity contribution is -0.274. The second-order valence-electron chi connectivity index (χ2n) is 10.0. The van der Waals surface area contributed by atoms with Crippen molar-refractivity contribution >= 4 is 11.5 Å². The Morgan fingerprint density at radius 3 is 2.42 bits per heavy atom. The van der Waals surface area contributed by atoms with E-state index in [0.29, 0.717) is 23.1 Å². The maximum Gasteiger partial charge on any atom is 0.573 e. The van der Waals surface area contributed by atoms with Crippen LogP contribution in [0.1, 0.15) is 39.8 Å². The van der Waals surface area contributed by atoms with Crippen LogP contribution in [-0.4, -0.2) is 24.4 Å². The smallest absolute Gasteiger partial charge is 0.504 e. The van der Waals surface area contributed by atoms with E-state index in [0.717, 1.165) is 16.8 Å². The van der Waals surface area contributed by atoms with Crippen LogP contribution in [0.25, 0.3) is 11.1 Å². The molecule has 6 rings (SSSR count). The van der Waals surface area contributed by atoms with Gasteiger partial charge in [-0.15, -0.1) is 13.2 Å². The van der Waals surface area contributed by atoms with Crippen molar-refractivity contribution in [3.05, 3.63) is 107 Å². The first-order valence-corrected chi connectivity index (χ1v) is 12.7. The lowest BCUT2D eigenvalue weighted by Crippen LogP contribution is -2.31. The van der Waals surface area contributed by atoms with Crippen LogP contribution in [0.5, 0.6) is 17.2 Å². The molecule has 4 aromatic carbocycles. The lowest BCUT2D eigenvalue weighted by atomic mass is 9.74. The van der Waals surface area contributed by atoms with Gasteiger partial charge < -0.3 is 25.6 Å². The first-order valence-electron chi connectivity index (χ1n) is 12.7. The molecule has 3 unspecified atom stereocenters. The number of benzene rings is 4. The van der Waals surface area contributed by atoms with Crippen molar-refractivity contribution in [1.82, 2.24) is 0 Å². The van der Waals surface area contributed by atoms with Crippen molar-refractivity contribution in [2.24, 2.45) is 11.7 Å². The number of aromatic hydroxyl groups is 1. The number of nitrogens with one attached hydrogen (secondary N) is 2. The molecule has 1 heterocycles. The second-order valence-corrected chi connectivity index (χ2v) is 10.0. The molecular formula is C31H26F3N3O3. The number of para-hydroxylation sites is 1. The van der Waals surface area contributed by atoms with E-state index in [2.05, 4.69) is 22.2 Å². The molecule has 2 aliphatic rings. The number of alkyl halides is 3. The van der Waals surface area contributed by atoms with Gasteiger partial charge in [-0.05, 0) is 76.6 Å². The van der Waals surface area contributed by atoms with E-state index in [4.69, 9.17) is 15.9 Å². The fourth-order valence-corrected chi connectivity index (χ4v) is 6.18. The van der Waals surface area contributed by atoms with Crippen molar-refractivity contribution in [3.63, 3.8) is 0 Å². The highest BCUT2D eigenvalue weighted by molar-refractivity contribution is 5.96. The minimum absolute atomic E-state index is 0.0282. The van der Waals surface area contributed by atoms with Gasteiger partial charge in [0.1, 0.15) is 11.6 Å². The average Bonchev–Trinajstić information content (AvgIpc) is 3.32. The number of anilines is 1. The minimum Gasteiger partial charge on any atom is -0.504 e. The molecule has 204 valence electrons. The van der Waals surface area contributed by atoms with Gasteiger partial charge in [0.25, 0.3) is 0 Å². The summed E-state index contributed by atoms with van der Waals surface area (Å²) in [4.78, 5) is 0. The number of hydrogen-bond donors (Lipinski definition) is 4. The van der Waals surface area contributed by atoms with Gasteiger partial charge in [-0.3, -0.25) is 5.41 Å². The van der Waals surface area contributed by atoms with Gasteiger partial charge in [-0.2, -0.15) is 0 Å². The van der Waals surface area contributed by atoms with Crippen molar-refractivity contribution in [2.45, 2.75) is 24.7 Å². The summed E-state index contributed by atoms with van der Waals surface area (Å²) in [5, 5.41) is 22.3. The van der Waals surface area contributed by atoms with Gasteiger partial charge in [0.05, 0.1) is 13.2 Å². The van der Waals surface area contributed by atoms with Gasteiger partial charge in [0.2, 0.25) is 0 Å². The molecule has 3 atom stereocenters. The zero-order valence-corrected chi connectivity index (χ0v) is 21.4. The van der Waals surface area contributed by atoms with Gasteiger partial charge in [-0.25, -0.2) is 0 Å². The van der Waals surface area contributed by atoms with E-state index in [1.807, 2.05) is 24.3 Å². The molecule has 1 aliphatic heterocycles. The highest BCUT2D eigenvalue weighted by Crippen LogP contribution is 2.56. The molecule has 0 radical (unpaired) electrons. The van der Waals surface area contributed by atoms with Gasteiger partial charge in [0.15, 0.2) is 11.5 Å². The van der Waals surface area contributed by atoms with E-state index in [1.165, 1.54) is 30.9 Å². The molecule has 0 amide bonds. The Balaban J connectivity index is 1.56. The number of rotatable bonds is 5. The SMILES string of the molecule is COc1cc(C2Nc3ccc(C(=N)N)cc3C3c4ccccc4CC23)c(-c2ccccc2OC(F)(F)F)cc1O. The third-order valence-electron chi connectivity index (χ3n) is 7.80. The molecule has 0 saturated heterocycles. The highest BCUT2D eigenvalue weighted by Gasteiger charge is 2.44. The molecular weight excluding hydrogens is 519 g/mol. The van der Waals surface area contributed by atoms with Gasteiger partial charge in [-0.1, -0.05) is 42.5 Å². The number of fused-ring (bicyclic) bond motifs is 5. The summed E-state index contributed by atoms with van der Waals surface area (Å²) in [5.41, 5.74) is 11.9. The molecule has 9 heteroatoms. The average molecular weight is 546 g/mol. The van der Waals surface area contributed by atoms with Crippen molar-refractivity contribution < 1.29 is 27.8 Å². The molecule has 0 bridgehead atoms. The Hall–Kier alpha value is -4.66. The molecule has 0 fully saturated rings. The Labute approximate surface area is 228 Å². The number of phenolic OH excluding ortho intramolecular Hbond substituents is 1. The van der Waals surface area contributed by atoms with Crippen LogP contribution in [0, 0.1) is 11.3 Å². The number of phenols is 1. The molecule has 1 aliphatic carbocycles. The lowest BCUT2D eigenvalue weighted by Gasteiger charge is -2.39. The number of ether oxygens (including phenoxy) is 2. The van der Waals surface area contributed by atoms with Crippen LogP contribution >= 0.6 is 0 Å². The fraction of sp³-hybridized carbons (Fsp3) is 0.194. The zero-order valence-electron chi connectivity index (χ0n) is 21.4. The first kappa shape index (κ1) is 25.6. The maximum absolute atomic E-state index is 13.3. The topological polar surface area (TPSA) is 101 Å². The molecule has 40 heavy (non-hydrogen) atoms. The molecule has 0 aromatic heterocycles. The fourth-order valence-electron chi connectivity index (χ4n) is 6.18. The van der Waals surface area contributed by atoms with Crippen LogP contribution in [0.4, 0.5) is 18.9 Å². The summed E-state index contributed by atoms with van der Waals surface area (Å²) >= 11 is 0. The summed E-state index contributed by atoms with van der Waals surface area (Å²) in [7, 11) is 1.43. The van der Waals surface area contributed by atoms with Crippen LogP contribution in [0.2, 0.25) is 0 Å². The third-order valence-corrected chi connectivity index (χ3v) is 7.80. The molecule has 4 aromatic rings. The maximum atomic E-state index is 13.3. The second kappa shape index (κ2) is 9.51. The van der Waals surface area contributed by atoms with Crippen LogP contribution in [-0.2, 0) is 6.42 Å². The summed E-state index contributed by atoms with van der Waals surface area (Å²) in [6.07, 6.45) is -4.18. The number of hydrogen-bond acceptors (Lipinski definition) is 5. The number of amidine groups is 1. The predicted molar refractivity (Wildman–Crippen MR) is 146 cm³/mol. The van der Waals surface area contributed by atoms with Crippen LogP contribution in [0.3, 0.4) is 0 Å².